The zero-order chi connectivity index (χ0) is 26.2. The first-order chi connectivity index (χ1) is 16.1. The van der Waals surface area contributed by atoms with Gasteiger partial charge in [-0.2, -0.15) is 26.3 Å². The number of ether oxygens (including phenoxy) is 2. The van der Waals surface area contributed by atoms with E-state index in [1.807, 2.05) is 0 Å². The third-order valence-electron chi connectivity index (χ3n) is 4.68. The van der Waals surface area contributed by atoms with Crippen LogP contribution in [0.25, 0.3) is 0 Å². The second-order valence-corrected chi connectivity index (χ2v) is 7.49. The number of halogens is 8. The highest BCUT2D eigenvalue weighted by molar-refractivity contribution is 6.02. The second kappa shape index (κ2) is 9.14. The van der Waals surface area contributed by atoms with Crippen LogP contribution in [0.3, 0.4) is 0 Å². The molecule has 2 unspecified atom stereocenters. The molecule has 0 saturated carbocycles. The van der Waals surface area contributed by atoms with E-state index in [2.05, 4.69) is 29.8 Å². The van der Waals surface area contributed by atoms with Gasteiger partial charge >= 0.3 is 12.4 Å². The van der Waals surface area contributed by atoms with Gasteiger partial charge in [0.2, 0.25) is 5.88 Å². The standard InChI is InChI=1S/C19H15F8N5O3/c1-17(4-12(19(25,26)27)35-16(28)32-17)9-2-8(3-10(20)14(9)21)31-15(33)11-5-30-13(6-29-11)34-7-18(22,23)24/h2-3,5-6,12H,4,7H2,1H3,(H2,28,32)(H,31,33). The number of amidine groups is 1. The molecule has 8 nitrogen and oxygen atoms in total. The van der Waals surface area contributed by atoms with Crippen molar-refractivity contribution in [1.82, 2.24) is 9.97 Å². The summed E-state index contributed by atoms with van der Waals surface area (Å²) in [6.45, 7) is -0.563. The minimum absolute atomic E-state index is 0.381. The van der Waals surface area contributed by atoms with Crippen LogP contribution in [0.5, 0.6) is 5.88 Å². The first-order valence-electron chi connectivity index (χ1n) is 9.48. The Morgan fingerprint density at radius 3 is 2.46 bits per heavy atom. The summed E-state index contributed by atoms with van der Waals surface area (Å²) in [5.74, 6) is -4.60. The highest BCUT2D eigenvalue weighted by atomic mass is 19.4. The molecule has 0 fully saturated rings. The summed E-state index contributed by atoms with van der Waals surface area (Å²) in [6, 6.07) is 0.528. The van der Waals surface area contributed by atoms with Crippen LogP contribution in [-0.4, -0.2) is 47.0 Å². The minimum atomic E-state index is -4.88. The number of nitrogens with one attached hydrogen (secondary N) is 1. The zero-order valence-corrected chi connectivity index (χ0v) is 17.5. The maximum atomic E-state index is 14.6. The molecule has 1 aliphatic rings. The normalized spacial score (nSPS) is 20.6. The molecule has 0 bridgehead atoms. The maximum absolute atomic E-state index is 14.6. The van der Waals surface area contributed by atoms with Gasteiger partial charge in [0.05, 0.1) is 17.9 Å². The highest BCUT2D eigenvalue weighted by Crippen LogP contribution is 2.41. The summed E-state index contributed by atoms with van der Waals surface area (Å²) >= 11 is 0. The lowest BCUT2D eigenvalue weighted by atomic mass is 9.85. The van der Waals surface area contributed by atoms with Gasteiger partial charge in [0.15, 0.2) is 24.3 Å². The van der Waals surface area contributed by atoms with Crippen LogP contribution in [-0.2, 0) is 10.3 Å². The average Bonchev–Trinajstić information content (AvgIpc) is 2.73. The van der Waals surface area contributed by atoms with Crippen molar-refractivity contribution < 1.29 is 49.4 Å². The van der Waals surface area contributed by atoms with E-state index in [1.165, 1.54) is 0 Å². The molecule has 1 amide bonds. The number of benzene rings is 1. The van der Waals surface area contributed by atoms with Crippen molar-refractivity contribution in [1.29, 1.82) is 0 Å². The number of aliphatic imine (C=N–C) groups is 1. The molecule has 35 heavy (non-hydrogen) atoms. The third-order valence-corrected chi connectivity index (χ3v) is 4.68. The summed E-state index contributed by atoms with van der Waals surface area (Å²) in [5.41, 5.74) is 1.86. The zero-order valence-electron chi connectivity index (χ0n) is 17.5. The van der Waals surface area contributed by atoms with Crippen molar-refractivity contribution in [3.63, 3.8) is 0 Å². The molecule has 2 aromatic rings. The Balaban J connectivity index is 1.84. The van der Waals surface area contributed by atoms with Crippen LogP contribution in [0.2, 0.25) is 0 Å². The molecule has 0 saturated heterocycles. The van der Waals surface area contributed by atoms with Crippen LogP contribution in [0.1, 0.15) is 29.4 Å². The van der Waals surface area contributed by atoms with E-state index < -0.39 is 77.7 Å². The molecule has 0 aliphatic carbocycles. The SMILES string of the molecule is CC1(c2cc(NC(=O)c3cnc(OCC(F)(F)F)cn3)cc(F)c2F)CC(C(F)(F)F)OC(N)=N1. The van der Waals surface area contributed by atoms with Gasteiger partial charge in [0, 0.05) is 23.7 Å². The number of aromatic nitrogens is 2. The highest BCUT2D eigenvalue weighted by Gasteiger charge is 2.50. The quantitative estimate of drug-likeness (QED) is 0.588. The number of hydrogen-bond acceptors (Lipinski definition) is 7. The fourth-order valence-electron chi connectivity index (χ4n) is 3.13. The molecule has 16 heteroatoms. The van der Waals surface area contributed by atoms with Gasteiger partial charge in [-0.25, -0.2) is 23.7 Å². The number of amides is 1. The number of nitrogens with zero attached hydrogens (tertiary/aromatic N) is 3. The van der Waals surface area contributed by atoms with Crippen LogP contribution in [0.4, 0.5) is 40.8 Å². The number of rotatable bonds is 5. The fourth-order valence-corrected chi connectivity index (χ4v) is 3.13. The predicted octanol–water partition coefficient (Wildman–Crippen LogP) is 3.83. The molecule has 0 spiro atoms. The Morgan fingerprint density at radius 2 is 1.89 bits per heavy atom. The van der Waals surface area contributed by atoms with E-state index in [0.717, 1.165) is 25.4 Å². The molecule has 2 atom stereocenters. The number of carbonyl (C=O) groups is 1. The molecule has 1 aliphatic heterocycles. The average molecular weight is 513 g/mol. The molecule has 0 radical (unpaired) electrons. The van der Waals surface area contributed by atoms with Crippen LogP contribution in [0.15, 0.2) is 29.5 Å². The lowest BCUT2D eigenvalue weighted by Gasteiger charge is -2.36. The molecular weight excluding hydrogens is 498 g/mol. The van der Waals surface area contributed by atoms with E-state index >= 15 is 0 Å². The lowest BCUT2D eigenvalue weighted by molar-refractivity contribution is -0.208. The van der Waals surface area contributed by atoms with Crippen molar-refractivity contribution in [3.8, 4) is 5.88 Å². The molecule has 3 rings (SSSR count). The van der Waals surface area contributed by atoms with E-state index in [0.29, 0.717) is 6.07 Å². The first kappa shape index (κ1) is 25.9. The van der Waals surface area contributed by atoms with E-state index in [4.69, 9.17) is 5.73 Å². The topological polar surface area (TPSA) is 112 Å². The Kier molecular flexibility index (Phi) is 6.77. The predicted molar refractivity (Wildman–Crippen MR) is 102 cm³/mol. The van der Waals surface area contributed by atoms with Gasteiger partial charge in [-0.15, -0.1) is 0 Å². The fraction of sp³-hybridized carbons (Fsp3) is 0.368. The smallest absolute Gasteiger partial charge is 0.425 e. The van der Waals surface area contributed by atoms with Gasteiger partial charge in [0.1, 0.15) is 5.69 Å². The van der Waals surface area contributed by atoms with Gasteiger partial charge in [0.25, 0.3) is 11.9 Å². The Bertz CT molecular complexity index is 1140. The number of alkyl halides is 6. The Hall–Kier alpha value is -3.72. The van der Waals surface area contributed by atoms with Gasteiger partial charge in [-0.1, -0.05) is 0 Å². The minimum Gasteiger partial charge on any atom is -0.467 e. The summed E-state index contributed by atoms with van der Waals surface area (Å²) < 4.78 is 114. The summed E-state index contributed by atoms with van der Waals surface area (Å²) in [4.78, 5) is 23.1. The van der Waals surface area contributed by atoms with E-state index in [9.17, 15) is 39.9 Å². The first-order valence-corrected chi connectivity index (χ1v) is 9.48. The summed E-state index contributed by atoms with van der Waals surface area (Å²) in [5, 5.41) is 2.15. The third kappa shape index (κ3) is 6.24. The van der Waals surface area contributed by atoms with Gasteiger partial charge in [-0.05, 0) is 13.0 Å². The van der Waals surface area contributed by atoms with Crippen molar-refractivity contribution in [2.45, 2.75) is 37.3 Å². The molecule has 1 aromatic carbocycles. The van der Waals surface area contributed by atoms with Gasteiger partial charge < -0.3 is 20.5 Å². The number of carbonyl (C=O) groups excluding carboxylic acids is 1. The number of hydrogen-bond donors (Lipinski definition) is 2. The van der Waals surface area contributed by atoms with Crippen molar-refractivity contribution in [2.75, 3.05) is 11.9 Å². The van der Waals surface area contributed by atoms with Crippen LogP contribution >= 0.6 is 0 Å². The van der Waals surface area contributed by atoms with E-state index in [1.54, 1.807) is 0 Å². The second-order valence-electron chi connectivity index (χ2n) is 7.49. The van der Waals surface area contributed by atoms with Crippen LogP contribution in [0, 0.1) is 11.6 Å². The lowest BCUT2D eigenvalue weighted by Crippen LogP contribution is -2.46. The summed E-state index contributed by atoms with van der Waals surface area (Å²) in [6.07, 6.45) is -11.4. The van der Waals surface area contributed by atoms with Crippen molar-refractivity contribution >= 4 is 17.6 Å². The molecular formula is C19H15F8N5O3. The molecule has 1 aromatic heterocycles. The van der Waals surface area contributed by atoms with Crippen molar-refractivity contribution in [2.24, 2.45) is 10.7 Å². The Morgan fingerprint density at radius 1 is 1.20 bits per heavy atom. The molecule has 2 heterocycles. The van der Waals surface area contributed by atoms with Crippen molar-refractivity contribution in [3.05, 3.63) is 47.4 Å². The Labute approximate surface area is 191 Å². The number of anilines is 1. The largest absolute Gasteiger partial charge is 0.467 e. The summed E-state index contributed by atoms with van der Waals surface area (Å²) in [7, 11) is 0. The molecule has 3 N–H and O–H groups in total. The van der Waals surface area contributed by atoms with Crippen LogP contribution < -0.4 is 15.8 Å². The van der Waals surface area contributed by atoms with E-state index in [-0.39, 0.29) is 5.69 Å². The number of nitrogens with two attached hydrogens (primary N) is 1. The molecule has 190 valence electrons. The monoisotopic (exact) mass is 513 g/mol. The maximum Gasteiger partial charge on any atom is 0.425 e. The van der Waals surface area contributed by atoms with Gasteiger partial charge in [-0.3, -0.25) is 4.79 Å².